The molecule has 1 aliphatic carbocycles. The molecule has 0 aliphatic heterocycles. The van der Waals surface area contributed by atoms with Crippen molar-refractivity contribution in [1.29, 1.82) is 0 Å². The molecule has 6 heteroatoms. The van der Waals surface area contributed by atoms with Crippen LogP contribution in [0.5, 0.6) is 0 Å². The quantitative estimate of drug-likeness (QED) is 0.855. The minimum Gasteiger partial charge on any atom is -0.327 e. The molecule has 1 aliphatic rings. The van der Waals surface area contributed by atoms with E-state index in [9.17, 15) is 17.2 Å². The zero-order valence-corrected chi connectivity index (χ0v) is 11.0. The van der Waals surface area contributed by atoms with Crippen LogP contribution in [-0.2, 0) is 15.3 Å². The van der Waals surface area contributed by atoms with Gasteiger partial charge in [0.05, 0.1) is 4.90 Å². The molecule has 1 aromatic rings. The molecule has 1 aromatic carbocycles. The van der Waals surface area contributed by atoms with Gasteiger partial charge < -0.3 is 5.73 Å². The second-order valence-electron chi connectivity index (χ2n) is 4.98. The Kier molecular flexibility index (Phi) is 2.98. The number of benzene rings is 1. The van der Waals surface area contributed by atoms with Crippen molar-refractivity contribution in [2.75, 3.05) is 6.26 Å². The van der Waals surface area contributed by atoms with Crippen molar-refractivity contribution >= 4 is 9.84 Å². The third kappa shape index (κ3) is 2.03. The van der Waals surface area contributed by atoms with Gasteiger partial charge in [-0.3, -0.25) is 0 Å². The van der Waals surface area contributed by atoms with Gasteiger partial charge in [-0.1, -0.05) is 0 Å². The van der Waals surface area contributed by atoms with Crippen LogP contribution in [0.1, 0.15) is 25.3 Å². The Balaban J connectivity index is 2.65. The van der Waals surface area contributed by atoms with Crippen LogP contribution in [-0.4, -0.2) is 20.7 Å². The predicted molar refractivity (Wildman–Crippen MR) is 64.0 cm³/mol. The summed E-state index contributed by atoms with van der Waals surface area (Å²) in [4.78, 5) is -0.205. The maximum atomic E-state index is 13.8. The molecule has 3 nitrogen and oxygen atoms in total. The van der Waals surface area contributed by atoms with Gasteiger partial charge >= 0.3 is 0 Å². The van der Waals surface area contributed by atoms with E-state index in [1.807, 2.05) is 0 Å². The fourth-order valence-electron chi connectivity index (χ4n) is 2.25. The van der Waals surface area contributed by atoms with Crippen molar-refractivity contribution in [3.8, 4) is 0 Å². The summed E-state index contributed by atoms with van der Waals surface area (Å²) < 4.78 is 50.2. The molecule has 2 N–H and O–H groups in total. The summed E-state index contributed by atoms with van der Waals surface area (Å²) >= 11 is 0. The number of hydrogen-bond donors (Lipinski definition) is 1. The van der Waals surface area contributed by atoms with E-state index < -0.39 is 26.9 Å². The minimum absolute atomic E-state index is 0.0814. The van der Waals surface area contributed by atoms with Crippen LogP contribution in [0.25, 0.3) is 0 Å². The number of nitrogens with two attached hydrogens (primary N) is 1. The molecule has 1 fully saturated rings. The Bertz CT molecular complexity index is 592. The van der Waals surface area contributed by atoms with Gasteiger partial charge in [0.1, 0.15) is 0 Å². The van der Waals surface area contributed by atoms with Gasteiger partial charge in [-0.2, -0.15) is 0 Å². The highest BCUT2D eigenvalue weighted by molar-refractivity contribution is 7.90. The number of sulfone groups is 1. The standard InChI is InChI=1S/C12H15F2NO2S/c1-7(15)12(3-4-12)9-5-8(18(2,16)17)6-10(13)11(9)14/h5-7H,3-4,15H2,1-2H3. The largest absolute Gasteiger partial charge is 0.327 e. The molecule has 2 rings (SSSR count). The van der Waals surface area contributed by atoms with E-state index in [1.54, 1.807) is 6.92 Å². The monoisotopic (exact) mass is 275 g/mol. The third-order valence-corrected chi connectivity index (χ3v) is 4.72. The van der Waals surface area contributed by atoms with Crippen molar-refractivity contribution in [3.63, 3.8) is 0 Å². The van der Waals surface area contributed by atoms with Gasteiger partial charge in [0, 0.05) is 17.7 Å². The zero-order valence-electron chi connectivity index (χ0n) is 10.2. The SMILES string of the molecule is CC(N)C1(c2cc(S(C)(=O)=O)cc(F)c2F)CC1. The molecular formula is C12H15F2NO2S. The third-order valence-electron chi connectivity index (χ3n) is 3.63. The Morgan fingerprint density at radius 2 is 1.89 bits per heavy atom. The van der Waals surface area contributed by atoms with Gasteiger partial charge in [-0.15, -0.1) is 0 Å². The summed E-state index contributed by atoms with van der Waals surface area (Å²) in [5.74, 6) is -2.13. The Hall–Kier alpha value is -1.01. The predicted octanol–water partition coefficient (Wildman–Crippen LogP) is 1.75. The molecule has 18 heavy (non-hydrogen) atoms. The molecule has 100 valence electrons. The second kappa shape index (κ2) is 3.99. The number of rotatable bonds is 3. The first-order valence-corrected chi connectivity index (χ1v) is 7.53. The van der Waals surface area contributed by atoms with E-state index in [1.165, 1.54) is 6.07 Å². The maximum Gasteiger partial charge on any atom is 0.175 e. The minimum atomic E-state index is -3.57. The zero-order chi connectivity index (χ0) is 13.7. The molecule has 0 radical (unpaired) electrons. The van der Waals surface area contributed by atoms with Crippen LogP contribution in [0, 0.1) is 11.6 Å². The van der Waals surface area contributed by atoms with E-state index in [0.717, 1.165) is 6.26 Å². The summed E-state index contributed by atoms with van der Waals surface area (Å²) in [6.45, 7) is 1.72. The Morgan fingerprint density at radius 1 is 1.33 bits per heavy atom. The average molecular weight is 275 g/mol. The normalized spacial score (nSPS) is 19.6. The highest BCUT2D eigenvalue weighted by Gasteiger charge is 2.49. The van der Waals surface area contributed by atoms with Crippen molar-refractivity contribution in [1.82, 2.24) is 0 Å². The summed E-state index contributed by atoms with van der Waals surface area (Å²) in [5, 5.41) is 0. The lowest BCUT2D eigenvalue weighted by atomic mass is 9.89. The second-order valence-corrected chi connectivity index (χ2v) is 7.00. The lowest BCUT2D eigenvalue weighted by molar-refractivity contribution is 0.460. The van der Waals surface area contributed by atoms with Crippen LogP contribution in [0.3, 0.4) is 0 Å². The van der Waals surface area contributed by atoms with Crippen molar-refractivity contribution in [3.05, 3.63) is 29.3 Å². The van der Waals surface area contributed by atoms with E-state index in [2.05, 4.69) is 0 Å². The Labute approximate surface area is 105 Å². The molecule has 0 spiro atoms. The van der Waals surface area contributed by atoms with Crippen LogP contribution >= 0.6 is 0 Å². The van der Waals surface area contributed by atoms with Gasteiger partial charge in [-0.25, -0.2) is 17.2 Å². The van der Waals surface area contributed by atoms with Crippen molar-refractivity contribution < 1.29 is 17.2 Å². The van der Waals surface area contributed by atoms with Gasteiger partial charge in [0.2, 0.25) is 0 Å². The highest BCUT2D eigenvalue weighted by atomic mass is 32.2. The van der Waals surface area contributed by atoms with Gasteiger partial charge in [-0.05, 0) is 37.5 Å². The van der Waals surface area contributed by atoms with E-state index in [-0.39, 0.29) is 16.5 Å². The van der Waals surface area contributed by atoms with Gasteiger partial charge in [0.25, 0.3) is 0 Å². The molecule has 0 saturated heterocycles. The van der Waals surface area contributed by atoms with E-state index >= 15 is 0 Å². The fraction of sp³-hybridized carbons (Fsp3) is 0.500. The first-order chi connectivity index (χ1) is 8.18. The van der Waals surface area contributed by atoms with Crippen LogP contribution in [0.2, 0.25) is 0 Å². The smallest absolute Gasteiger partial charge is 0.175 e. The average Bonchev–Trinajstić information content (AvgIpc) is 3.01. The molecule has 0 heterocycles. The molecule has 0 bridgehead atoms. The number of halogens is 2. The topological polar surface area (TPSA) is 60.2 Å². The molecule has 1 saturated carbocycles. The molecular weight excluding hydrogens is 260 g/mol. The van der Waals surface area contributed by atoms with E-state index in [0.29, 0.717) is 18.9 Å². The highest BCUT2D eigenvalue weighted by Crippen LogP contribution is 2.51. The molecule has 1 unspecified atom stereocenters. The van der Waals surface area contributed by atoms with E-state index in [4.69, 9.17) is 5.73 Å². The lowest BCUT2D eigenvalue weighted by Crippen LogP contribution is -2.32. The summed E-state index contributed by atoms with van der Waals surface area (Å²) in [6.07, 6.45) is 2.26. The maximum absolute atomic E-state index is 13.8. The van der Waals surface area contributed by atoms with Crippen molar-refractivity contribution in [2.24, 2.45) is 5.73 Å². The first kappa shape index (κ1) is 13.4. The van der Waals surface area contributed by atoms with Gasteiger partial charge in [0.15, 0.2) is 21.5 Å². The Morgan fingerprint density at radius 3 is 2.28 bits per heavy atom. The van der Waals surface area contributed by atoms with Crippen molar-refractivity contribution in [2.45, 2.75) is 36.1 Å². The summed E-state index contributed by atoms with van der Waals surface area (Å²) in [6, 6.07) is 1.58. The summed E-state index contributed by atoms with van der Waals surface area (Å²) in [5.41, 5.74) is 5.27. The summed E-state index contributed by atoms with van der Waals surface area (Å²) in [7, 11) is -3.57. The number of hydrogen-bond acceptors (Lipinski definition) is 3. The van der Waals surface area contributed by atoms with Crippen LogP contribution in [0.15, 0.2) is 17.0 Å². The van der Waals surface area contributed by atoms with Crippen LogP contribution < -0.4 is 5.73 Å². The molecule has 0 aromatic heterocycles. The molecule has 0 amide bonds. The first-order valence-electron chi connectivity index (χ1n) is 5.63. The fourth-order valence-corrected chi connectivity index (χ4v) is 2.89. The lowest BCUT2D eigenvalue weighted by Gasteiger charge is -2.21. The molecule has 1 atom stereocenters. The van der Waals surface area contributed by atoms with Crippen LogP contribution in [0.4, 0.5) is 8.78 Å².